The van der Waals surface area contributed by atoms with Gasteiger partial charge in [-0.1, -0.05) is 30.3 Å². The maximum Gasteiger partial charge on any atom is 0.303 e. The van der Waals surface area contributed by atoms with Crippen molar-refractivity contribution in [1.82, 2.24) is 10.2 Å². The molecular formula is C18H24N2O4. The quantitative estimate of drug-likeness (QED) is 0.713. The molecule has 6 heteroatoms. The van der Waals surface area contributed by atoms with Crippen LogP contribution in [-0.4, -0.2) is 40.9 Å². The van der Waals surface area contributed by atoms with Crippen molar-refractivity contribution in [1.29, 1.82) is 0 Å². The molecule has 1 aromatic carbocycles. The van der Waals surface area contributed by atoms with E-state index in [2.05, 4.69) is 5.32 Å². The maximum atomic E-state index is 12.2. The molecular weight excluding hydrogens is 308 g/mol. The number of amides is 2. The van der Waals surface area contributed by atoms with Crippen LogP contribution in [0.15, 0.2) is 30.3 Å². The Morgan fingerprint density at radius 3 is 2.67 bits per heavy atom. The molecule has 1 saturated heterocycles. The molecule has 130 valence electrons. The first-order chi connectivity index (χ1) is 11.5. The van der Waals surface area contributed by atoms with Crippen LogP contribution in [0.4, 0.5) is 0 Å². The zero-order valence-corrected chi connectivity index (χ0v) is 13.9. The minimum atomic E-state index is -0.826. The molecule has 1 fully saturated rings. The van der Waals surface area contributed by atoms with Crippen molar-refractivity contribution >= 4 is 17.8 Å². The van der Waals surface area contributed by atoms with Gasteiger partial charge in [0.05, 0.1) is 12.0 Å². The van der Waals surface area contributed by atoms with E-state index in [1.165, 1.54) is 0 Å². The monoisotopic (exact) mass is 332 g/mol. The molecule has 0 aliphatic carbocycles. The van der Waals surface area contributed by atoms with Crippen molar-refractivity contribution in [2.24, 2.45) is 5.92 Å². The third kappa shape index (κ3) is 4.81. The number of carboxylic acid groups (broad SMARTS) is 1. The predicted molar refractivity (Wildman–Crippen MR) is 89.2 cm³/mol. The van der Waals surface area contributed by atoms with Gasteiger partial charge in [-0.05, 0) is 25.3 Å². The van der Waals surface area contributed by atoms with Gasteiger partial charge in [-0.3, -0.25) is 14.4 Å². The summed E-state index contributed by atoms with van der Waals surface area (Å²) in [5, 5.41) is 11.4. The molecule has 1 aliphatic rings. The first kappa shape index (κ1) is 18.0. The first-order valence-electron chi connectivity index (χ1n) is 8.33. The number of hydrogen-bond acceptors (Lipinski definition) is 3. The van der Waals surface area contributed by atoms with Crippen LogP contribution < -0.4 is 5.32 Å². The molecule has 2 rings (SSSR count). The third-order valence-electron chi connectivity index (χ3n) is 4.40. The highest BCUT2D eigenvalue weighted by atomic mass is 16.4. The van der Waals surface area contributed by atoms with Crippen molar-refractivity contribution in [2.45, 2.75) is 38.6 Å². The summed E-state index contributed by atoms with van der Waals surface area (Å²) in [4.78, 5) is 36.6. The van der Waals surface area contributed by atoms with Gasteiger partial charge >= 0.3 is 5.97 Å². The fourth-order valence-electron chi connectivity index (χ4n) is 2.95. The molecule has 6 nitrogen and oxygen atoms in total. The summed E-state index contributed by atoms with van der Waals surface area (Å²) in [5.74, 6) is -1.28. The number of benzene rings is 1. The van der Waals surface area contributed by atoms with Crippen LogP contribution in [0.3, 0.4) is 0 Å². The standard InChI is InChI=1S/C18H24N2O4/c1-13(14-7-3-2-4-8-14)20-12-15(11-16(20)21)18(24)19-10-6-5-9-17(22)23/h2-4,7-8,13,15H,5-6,9-12H2,1H3,(H,19,24)(H,22,23). The van der Waals surface area contributed by atoms with E-state index in [0.717, 1.165) is 5.56 Å². The van der Waals surface area contributed by atoms with Gasteiger partial charge in [0.15, 0.2) is 0 Å². The van der Waals surface area contributed by atoms with Crippen LogP contribution in [0.5, 0.6) is 0 Å². The number of hydrogen-bond donors (Lipinski definition) is 2. The molecule has 0 aromatic heterocycles. The van der Waals surface area contributed by atoms with Crippen LogP contribution in [-0.2, 0) is 14.4 Å². The lowest BCUT2D eigenvalue weighted by atomic mass is 10.1. The van der Waals surface area contributed by atoms with E-state index in [0.29, 0.717) is 25.9 Å². The number of nitrogens with zero attached hydrogens (tertiary/aromatic N) is 1. The van der Waals surface area contributed by atoms with Gasteiger partial charge in [0, 0.05) is 25.9 Å². The minimum absolute atomic E-state index is 0.00243. The Hall–Kier alpha value is -2.37. The number of carbonyl (C=O) groups excluding carboxylic acids is 2. The van der Waals surface area contributed by atoms with E-state index >= 15 is 0 Å². The molecule has 0 spiro atoms. The van der Waals surface area contributed by atoms with Crippen molar-refractivity contribution in [3.05, 3.63) is 35.9 Å². The fourth-order valence-corrected chi connectivity index (χ4v) is 2.95. The molecule has 0 bridgehead atoms. The Morgan fingerprint density at radius 2 is 2.00 bits per heavy atom. The lowest BCUT2D eigenvalue weighted by Crippen LogP contribution is -2.34. The van der Waals surface area contributed by atoms with E-state index in [9.17, 15) is 14.4 Å². The van der Waals surface area contributed by atoms with Crippen LogP contribution in [0.1, 0.15) is 44.2 Å². The number of rotatable bonds is 8. The van der Waals surface area contributed by atoms with Gasteiger partial charge in [0.2, 0.25) is 11.8 Å². The molecule has 0 saturated carbocycles. The summed E-state index contributed by atoms with van der Waals surface area (Å²) < 4.78 is 0. The number of likely N-dealkylation sites (tertiary alicyclic amines) is 1. The van der Waals surface area contributed by atoms with Gasteiger partial charge in [-0.25, -0.2) is 0 Å². The van der Waals surface area contributed by atoms with Crippen LogP contribution in [0, 0.1) is 5.92 Å². The summed E-state index contributed by atoms with van der Waals surface area (Å²) >= 11 is 0. The summed E-state index contributed by atoms with van der Waals surface area (Å²) in [6.07, 6.45) is 1.51. The van der Waals surface area contributed by atoms with E-state index < -0.39 is 5.97 Å². The van der Waals surface area contributed by atoms with Gasteiger partial charge < -0.3 is 15.3 Å². The zero-order chi connectivity index (χ0) is 17.5. The lowest BCUT2D eigenvalue weighted by molar-refractivity contribution is -0.137. The zero-order valence-electron chi connectivity index (χ0n) is 13.9. The van der Waals surface area contributed by atoms with Crippen molar-refractivity contribution in [3.63, 3.8) is 0 Å². The predicted octanol–water partition coefficient (Wildman–Crippen LogP) is 1.97. The van der Waals surface area contributed by atoms with Crippen molar-refractivity contribution in [3.8, 4) is 0 Å². The van der Waals surface area contributed by atoms with Gasteiger partial charge in [-0.2, -0.15) is 0 Å². The van der Waals surface area contributed by atoms with Crippen LogP contribution in [0.25, 0.3) is 0 Å². The molecule has 24 heavy (non-hydrogen) atoms. The third-order valence-corrected chi connectivity index (χ3v) is 4.40. The Labute approximate surface area is 141 Å². The number of carbonyl (C=O) groups is 3. The fraction of sp³-hybridized carbons (Fsp3) is 0.500. The van der Waals surface area contributed by atoms with Crippen molar-refractivity contribution < 1.29 is 19.5 Å². The minimum Gasteiger partial charge on any atom is -0.481 e. The van der Waals surface area contributed by atoms with Crippen LogP contribution in [0.2, 0.25) is 0 Å². The highest BCUT2D eigenvalue weighted by Gasteiger charge is 2.36. The number of carboxylic acids is 1. The average Bonchev–Trinajstić information content (AvgIpc) is 2.96. The Kier molecular flexibility index (Phi) is 6.35. The molecule has 1 heterocycles. The second-order valence-electron chi connectivity index (χ2n) is 6.18. The summed E-state index contributed by atoms with van der Waals surface area (Å²) in [7, 11) is 0. The van der Waals surface area contributed by atoms with E-state index in [1.807, 2.05) is 37.3 Å². The van der Waals surface area contributed by atoms with E-state index in [4.69, 9.17) is 5.11 Å². The molecule has 1 aromatic rings. The lowest BCUT2D eigenvalue weighted by Gasteiger charge is -2.25. The number of nitrogens with one attached hydrogen (secondary N) is 1. The Balaban J connectivity index is 1.81. The summed E-state index contributed by atoms with van der Waals surface area (Å²) in [5.41, 5.74) is 1.06. The Morgan fingerprint density at radius 1 is 1.29 bits per heavy atom. The molecule has 2 atom stereocenters. The summed E-state index contributed by atoms with van der Waals surface area (Å²) in [6, 6.07) is 9.72. The summed E-state index contributed by atoms with van der Waals surface area (Å²) in [6.45, 7) is 2.85. The molecule has 2 unspecified atom stereocenters. The first-order valence-corrected chi connectivity index (χ1v) is 8.33. The Bertz CT molecular complexity index is 588. The molecule has 1 aliphatic heterocycles. The number of unbranched alkanes of at least 4 members (excludes halogenated alkanes) is 1. The largest absolute Gasteiger partial charge is 0.481 e. The molecule has 0 radical (unpaired) electrons. The normalized spacial score (nSPS) is 18.5. The second-order valence-corrected chi connectivity index (χ2v) is 6.18. The van der Waals surface area contributed by atoms with Gasteiger partial charge in [0.25, 0.3) is 0 Å². The second kappa shape index (κ2) is 8.47. The highest BCUT2D eigenvalue weighted by Crippen LogP contribution is 2.28. The van der Waals surface area contributed by atoms with E-state index in [-0.39, 0.29) is 36.6 Å². The van der Waals surface area contributed by atoms with Gasteiger partial charge in [-0.15, -0.1) is 0 Å². The van der Waals surface area contributed by atoms with Crippen molar-refractivity contribution in [2.75, 3.05) is 13.1 Å². The van der Waals surface area contributed by atoms with Crippen LogP contribution >= 0.6 is 0 Å². The average molecular weight is 332 g/mol. The highest BCUT2D eigenvalue weighted by molar-refractivity contribution is 5.89. The SMILES string of the molecule is CC(c1ccccc1)N1CC(C(=O)NCCCCC(=O)O)CC1=O. The molecule has 2 N–H and O–H groups in total. The maximum absolute atomic E-state index is 12.2. The number of aliphatic carboxylic acids is 1. The molecule has 2 amide bonds. The smallest absolute Gasteiger partial charge is 0.303 e. The van der Waals surface area contributed by atoms with Gasteiger partial charge in [0.1, 0.15) is 0 Å². The van der Waals surface area contributed by atoms with E-state index in [1.54, 1.807) is 4.90 Å². The topological polar surface area (TPSA) is 86.7 Å².